The molecular formula is C47H28N4O. The molecule has 5 heteroatoms. The van der Waals surface area contributed by atoms with Crippen molar-refractivity contribution in [2.75, 3.05) is 0 Å². The lowest BCUT2D eigenvalue weighted by atomic mass is 10.0. The number of nitrogens with zero attached hydrogens (tertiary/aromatic N) is 4. The fourth-order valence-corrected chi connectivity index (χ4v) is 7.86. The van der Waals surface area contributed by atoms with Gasteiger partial charge in [0.05, 0.1) is 16.6 Å². The highest BCUT2D eigenvalue weighted by atomic mass is 16.3. The Morgan fingerprint density at radius 2 is 1.04 bits per heavy atom. The molecular weight excluding hydrogens is 637 g/mol. The van der Waals surface area contributed by atoms with Crippen molar-refractivity contribution in [2.45, 2.75) is 0 Å². The van der Waals surface area contributed by atoms with Gasteiger partial charge in [-0.05, 0) is 63.0 Å². The number of para-hydroxylation sites is 1. The van der Waals surface area contributed by atoms with Gasteiger partial charge >= 0.3 is 0 Å². The fourth-order valence-electron chi connectivity index (χ4n) is 7.86. The topological polar surface area (TPSA) is 56.7 Å². The number of hydrogen-bond acceptors (Lipinski definition) is 4. The smallest absolute Gasteiger partial charge is 0.238 e. The maximum atomic E-state index is 6.66. The molecule has 0 unspecified atom stereocenters. The zero-order valence-electron chi connectivity index (χ0n) is 27.9. The van der Waals surface area contributed by atoms with E-state index < -0.39 is 0 Å². The molecule has 242 valence electrons. The molecule has 11 rings (SSSR count). The van der Waals surface area contributed by atoms with Gasteiger partial charge in [0.1, 0.15) is 11.2 Å². The van der Waals surface area contributed by atoms with Gasteiger partial charge in [-0.15, -0.1) is 0 Å². The van der Waals surface area contributed by atoms with Gasteiger partial charge in [0, 0.05) is 27.1 Å². The van der Waals surface area contributed by atoms with Crippen LogP contribution < -0.4 is 0 Å². The summed E-state index contributed by atoms with van der Waals surface area (Å²) in [5.41, 5.74) is 7.70. The zero-order valence-corrected chi connectivity index (χ0v) is 27.9. The Kier molecular flexibility index (Phi) is 6.18. The van der Waals surface area contributed by atoms with Crippen molar-refractivity contribution in [1.82, 2.24) is 19.5 Å². The maximum Gasteiger partial charge on any atom is 0.238 e. The van der Waals surface area contributed by atoms with E-state index in [-0.39, 0.29) is 0 Å². The monoisotopic (exact) mass is 664 g/mol. The van der Waals surface area contributed by atoms with Gasteiger partial charge in [-0.3, -0.25) is 4.57 Å². The van der Waals surface area contributed by atoms with Crippen LogP contribution in [0.25, 0.3) is 105 Å². The molecule has 3 heterocycles. The summed E-state index contributed by atoms with van der Waals surface area (Å²) >= 11 is 0. The van der Waals surface area contributed by atoms with Crippen molar-refractivity contribution in [1.29, 1.82) is 0 Å². The lowest BCUT2D eigenvalue weighted by Crippen LogP contribution is -2.06. The molecule has 0 radical (unpaired) electrons. The van der Waals surface area contributed by atoms with E-state index in [1.54, 1.807) is 0 Å². The Bertz CT molecular complexity index is 3180. The molecule has 0 spiro atoms. The van der Waals surface area contributed by atoms with Crippen molar-refractivity contribution < 1.29 is 4.42 Å². The normalized spacial score (nSPS) is 11.8. The number of rotatable bonds is 4. The Hall–Kier alpha value is -7.11. The summed E-state index contributed by atoms with van der Waals surface area (Å²) in [6.45, 7) is 0. The Labute approximate surface area is 298 Å². The number of aromatic nitrogens is 4. The second-order valence-corrected chi connectivity index (χ2v) is 13.2. The van der Waals surface area contributed by atoms with E-state index in [0.29, 0.717) is 17.6 Å². The van der Waals surface area contributed by atoms with Gasteiger partial charge in [-0.1, -0.05) is 140 Å². The molecule has 5 nitrogen and oxygen atoms in total. The van der Waals surface area contributed by atoms with Gasteiger partial charge in [0.25, 0.3) is 0 Å². The minimum absolute atomic E-state index is 0.546. The van der Waals surface area contributed by atoms with E-state index in [9.17, 15) is 0 Å². The van der Waals surface area contributed by atoms with Crippen LogP contribution in [-0.4, -0.2) is 19.5 Å². The highest BCUT2D eigenvalue weighted by Gasteiger charge is 2.22. The Morgan fingerprint density at radius 3 is 1.83 bits per heavy atom. The lowest BCUT2D eigenvalue weighted by Gasteiger charge is -2.11. The average Bonchev–Trinajstić information content (AvgIpc) is 3.77. The molecule has 11 aromatic rings. The Morgan fingerprint density at radius 1 is 0.404 bits per heavy atom. The predicted molar refractivity (Wildman–Crippen MR) is 213 cm³/mol. The van der Waals surface area contributed by atoms with E-state index in [1.807, 2.05) is 36.4 Å². The first-order chi connectivity index (χ1) is 25.8. The molecule has 0 atom stereocenters. The van der Waals surface area contributed by atoms with E-state index in [4.69, 9.17) is 19.4 Å². The van der Waals surface area contributed by atoms with Crippen LogP contribution >= 0.6 is 0 Å². The molecule has 0 aliphatic heterocycles. The van der Waals surface area contributed by atoms with E-state index in [2.05, 4.69) is 138 Å². The molecule has 0 amide bonds. The van der Waals surface area contributed by atoms with Crippen molar-refractivity contribution in [3.05, 3.63) is 170 Å². The number of furan rings is 1. The van der Waals surface area contributed by atoms with Crippen LogP contribution in [0.3, 0.4) is 0 Å². The number of benzene rings is 8. The third-order valence-electron chi connectivity index (χ3n) is 10.2. The molecule has 0 fully saturated rings. The average molecular weight is 665 g/mol. The minimum Gasteiger partial charge on any atom is -0.455 e. The molecule has 0 N–H and O–H groups in total. The molecule has 52 heavy (non-hydrogen) atoms. The van der Waals surface area contributed by atoms with E-state index in [1.165, 1.54) is 27.1 Å². The first-order valence-corrected chi connectivity index (χ1v) is 17.5. The quantitative estimate of drug-likeness (QED) is 0.188. The van der Waals surface area contributed by atoms with Gasteiger partial charge in [0.2, 0.25) is 5.95 Å². The second kappa shape index (κ2) is 11.2. The van der Waals surface area contributed by atoms with Gasteiger partial charge < -0.3 is 4.42 Å². The highest BCUT2D eigenvalue weighted by Crippen LogP contribution is 2.41. The summed E-state index contributed by atoms with van der Waals surface area (Å²) in [6.07, 6.45) is 0. The number of fused-ring (bicyclic) bond motifs is 10. The summed E-state index contributed by atoms with van der Waals surface area (Å²) in [4.78, 5) is 15.6. The maximum absolute atomic E-state index is 6.66. The van der Waals surface area contributed by atoms with Crippen LogP contribution in [0.2, 0.25) is 0 Å². The summed E-state index contributed by atoms with van der Waals surface area (Å²) in [5.74, 6) is 1.69. The van der Waals surface area contributed by atoms with Crippen LogP contribution in [-0.2, 0) is 0 Å². The summed E-state index contributed by atoms with van der Waals surface area (Å²) in [5, 5.41) is 9.13. The molecule has 0 saturated heterocycles. The molecule has 0 aliphatic rings. The molecule has 8 aromatic carbocycles. The van der Waals surface area contributed by atoms with Crippen molar-refractivity contribution in [3.63, 3.8) is 0 Å². The SMILES string of the molecule is c1ccc(-c2ccc3c(c2)c2c4ccccc4ccc2n3-c2nc(-c3ccccc3)nc(-c3cccc4c3oc3ccc5ccccc5c34)n2)cc1. The minimum atomic E-state index is 0.546. The van der Waals surface area contributed by atoms with Gasteiger partial charge in [0.15, 0.2) is 11.6 Å². The standard InChI is InChI=1S/C47H28N4O/c1-3-12-29(13-4-1)33-23-25-39-38(28-33)42-34-18-9-7-14-30(34)22-26-40(42)51(39)47-49-45(32-16-5-2-6-17-32)48-46(50-47)37-21-11-20-36-43-35-19-10-8-15-31(35)24-27-41(43)52-44(36)37/h1-28H. The summed E-state index contributed by atoms with van der Waals surface area (Å²) in [7, 11) is 0. The predicted octanol–water partition coefficient (Wildman–Crippen LogP) is 12.2. The first kappa shape index (κ1) is 28.7. The Balaban J connectivity index is 1.22. The largest absolute Gasteiger partial charge is 0.455 e. The zero-order chi connectivity index (χ0) is 34.2. The van der Waals surface area contributed by atoms with Gasteiger partial charge in [-0.25, -0.2) is 4.98 Å². The summed E-state index contributed by atoms with van der Waals surface area (Å²) < 4.78 is 8.85. The van der Waals surface area contributed by atoms with Crippen molar-refractivity contribution in [2.24, 2.45) is 0 Å². The third kappa shape index (κ3) is 4.33. The molecule has 0 aliphatic carbocycles. The van der Waals surface area contributed by atoms with Gasteiger partial charge in [-0.2, -0.15) is 9.97 Å². The van der Waals surface area contributed by atoms with Crippen LogP contribution in [0.1, 0.15) is 0 Å². The molecule has 3 aromatic heterocycles. The van der Waals surface area contributed by atoms with E-state index in [0.717, 1.165) is 60.4 Å². The molecule has 0 bridgehead atoms. The summed E-state index contributed by atoms with van der Waals surface area (Å²) in [6, 6.07) is 59.2. The van der Waals surface area contributed by atoms with Crippen LogP contribution in [0.4, 0.5) is 0 Å². The van der Waals surface area contributed by atoms with E-state index >= 15 is 0 Å². The van der Waals surface area contributed by atoms with Crippen LogP contribution in [0, 0.1) is 0 Å². The van der Waals surface area contributed by atoms with Crippen molar-refractivity contribution in [3.8, 4) is 39.9 Å². The first-order valence-electron chi connectivity index (χ1n) is 17.5. The van der Waals surface area contributed by atoms with Crippen LogP contribution in [0.15, 0.2) is 174 Å². The fraction of sp³-hybridized carbons (Fsp3) is 0. The third-order valence-corrected chi connectivity index (χ3v) is 10.2. The molecule has 0 saturated carbocycles. The second-order valence-electron chi connectivity index (χ2n) is 13.2. The van der Waals surface area contributed by atoms with Crippen LogP contribution in [0.5, 0.6) is 0 Å². The highest BCUT2D eigenvalue weighted by molar-refractivity contribution is 6.22. The number of hydrogen-bond donors (Lipinski definition) is 0. The lowest BCUT2D eigenvalue weighted by molar-refractivity contribution is 0.669. The van der Waals surface area contributed by atoms with Crippen molar-refractivity contribution >= 4 is 65.3 Å².